The second-order valence-electron chi connectivity index (χ2n) is 10.6. The topological polar surface area (TPSA) is 184 Å². The highest BCUT2D eigenvalue weighted by Crippen LogP contribution is 2.15. The first-order chi connectivity index (χ1) is 21.7. The molecule has 3 rings (SSSR count). The Morgan fingerprint density at radius 3 is 2.36 bits per heavy atom. The molecule has 1 atom stereocenters. The normalized spacial score (nSPS) is 11.6. The van der Waals surface area contributed by atoms with Crippen LogP contribution in [-0.4, -0.2) is 58.0 Å². The Morgan fingerprint density at radius 1 is 0.911 bits per heavy atom. The number of nitrogens with zero attached hydrogens (tertiary/aromatic N) is 1. The molecule has 0 bridgehead atoms. The van der Waals surface area contributed by atoms with Gasteiger partial charge in [-0.3, -0.25) is 29.5 Å². The lowest BCUT2D eigenvalue weighted by atomic mass is 10.1. The summed E-state index contributed by atoms with van der Waals surface area (Å²) in [5, 5.41) is 9.01. The van der Waals surface area contributed by atoms with Crippen LogP contribution in [0.5, 0.6) is 0 Å². The van der Waals surface area contributed by atoms with E-state index >= 15 is 0 Å². The fourth-order valence-electron chi connectivity index (χ4n) is 4.73. The van der Waals surface area contributed by atoms with Gasteiger partial charge in [0.1, 0.15) is 11.7 Å². The Hall–Kier alpha value is -4.52. The molecule has 1 aromatic carbocycles. The third-order valence-electron chi connectivity index (χ3n) is 7.07. The molecule has 0 aliphatic carbocycles. The predicted molar refractivity (Wildman–Crippen MR) is 169 cm³/mol. The van der Waals surface area contributed by atoms with E-state index in [0.717, 1.165) is 43.2 Å². The Balaban J connectivity index is 1.52. The van der Waals surface area contributed by atoms with Crippen LogP contribution >= 0.6 is 0 Å². The molecule has 0 saturated heterocycles. The van der Waals surface area contributed by atoms with E-state index in [4.69, 9.17) is 9.47 Å². The van der Waals surface area contributed by atoms with Crippen LogP contribution in [0.4, 0.5) is 5.95 Å². The van der Waals surface area contributed by atoms with E-state index in [-0.39, 0.29) is 43.5 Å². The zero-order valence-corrected chi connectivity index (χ0v) is 26.3. The average molecular weight is 625 g/mol. The molecule has 244 valence electrons. The van der Waals surface area contributed by atoms with Gasteiger partial charge in [-0.05, 0) is 49.9 Å². The number of nitrogens with one attached hydrogen (secondary N) is 5. The fraction of sp³-hybridized carbons (Fsp3) is 0.500. The molecule has 0 radical (unpaired) electrons. The van der Waals surface area contributed by atoms with Gasteiger partial charge in [0.15, 0.2) is 0 Å². The smallest absolute Gasteiger partial charge is 0.328 e. The van der Waals surface area contributed by atoms with Crippen LogP contribution in [0.1, 0.15) is 93.6 Å². The summed E-state index contributed by atoms with van der Waals surface area (Å²) in [6, 6.07) is 5.86. The molecule has 0 aliphatic heterocycles. The molecular formula is C32H44N6O7. The number of carbonyl (C=O) groups is 4. The van der Waals surface area contributed by atoms with E-state index in [0.29, 0.717) is 36.1 Å². The van der Waals surface area contributed by atoms with E-state index in [1.165, 1.54) is 0 Å². The fourth-order valence-corrected chi connectivity index (χ4v) is 4.73. The van der Waals surface area contributed by atoms with E-state index < -0.39 is 23.9 Å². The number of aromatic amines is 2. The third-order valence-corrected chi connectivity index (χ3v) is 7.07. The van der Waals surface area contributed by atoms with Gasteiger partial charge in [0, 0.05) is 37.7 Å². The van der Waals surface area contributed by atoms with Gasteiger partial charge in [-0.25, -0.2) is 4.79 Å². The molecule has 0 spiro atoms. The lowest BCUT2D eigenvalue weighted by Crippen LogP contribution is -2.42. The van der Waals surface area contributed by atoms with Gasteiger partial charge in [-0.1, -0.05) is 44.7 Å². The Morgan fingerprint density at radius 2 is 1.64 bits per heavy atom. The maximum absolute atomic E-state index is 12.8. The summed E-state index contributed by atoms with van der Waals surface area (Å²) in [6.45, 7) is 6.71. The predicted octanol–water partition coefficient (Wildman–Crippen LogP) is 3.84. The maximum Gasteiger partial charge on any atom is 0.328 e. The number of fused-ring (bicyclic) bond motifs is 1. The minimum atomic E-state index is -0.982. The number of unbranched alkanes of at least 4 members (excludes halogenated alkanes) is 4. The molecule has 0 aliphatic rings. The number of H-pyrrole nitrogens is 2. The SMILES string of the molecule is CCCCCCCC(=O)Nc1nc2[nH]cc(CNCc3ccc(C(=O)N[C@@H](CCC(=O)OCC)C(=O)OCC)cc3)c2c(=O)[nH]1. The third kappa shape index (κ3) is 11.2. The average Bonchev–Trinajstić information content (AvgIpc) is 3.42. The highest BCUT2D eigenvalue weighted by Gasteiger charge is 2.24. The Labute approximate surface area is 262 Å². The molecule has 13 nitrogen and oxygen atoms in total. The molecule has 13 heteroatoms. The Kier molecular flexibility index (Phi) is 14.2. The molecule has 2 amide bonds. The van der Waals surface area contributed by atoms with Crippen LogP contribution in [0.2, 0.25) is 0 Å². The van der Waals surface area contributed by atoms with Crippen LogP contribution in [0.3, 0.4) is 0 Å². The van der Waals surface area contributed by atoms with Gasteiger partial charge in [-0.2, -0.15) is 4.98 Å². The van der Waals surface area contributed by atoms with Crippen molar-refractivity contribution >= 4 is 40.7 Å². The summed E-state index contributed by atoms with van der Waals surface area (Å²) < 4.78 is 9.95. The highest BCUT2D eigenvalue weighted by atomic mass is 16.5. The van der Waals surface area contributed by atoms with Crippen LogP contribution in [-0.2, 0) is 36.9 Å². The van der Waals surface area contributed by atoms with Crippen molar-refractivity contribution in [2.45, 2.75) is 91.3 Å². The zero-order chi connectivity index (χ0) is 32.6. The number of carbonyl (C=O) groups excluding carboxylic acids is 4. The van der Waals surface area contributed by atoms with Gasteiger partial charge < -0.3 is 25.1 Å². The first-order valence-electron chi connectivity index (χ1n) is 15.6. The number of rotatable bonds is 19. The summed E-state index contributed by atoms with van der Waals surface area (Å²) >= 11 is 0. The van der Waals surface area contributed by atoms with Crippen molar-refractivity contribution in [1.29, 1.82) is 0 Å². The van der Waals surface area contributed by atoms with Crippen LogP contribution in [0.25, 0.3) is 11.0 Å². The number of aromatic nitrogens is 3. The van der Waals surface area contributed by atoms with Gasteiger partial charge in [0.05, 0.1) is 18.6 Å². The number of esters is 2. The minimum absolute atomic E-state index is 0.0302. The van der Waals surface area contributed by atoms with Crippen LogP contribution < -0.4 is 21.5 Å². The molecule has 3 aromatic rings. The summed E-state index contributed by atoms with van der Waals surface area (Å²) in [5.41, 5.74) is 1.99. The highest BCUT2D eigenvalue weighted by molar-refractivity contribution is 5.97. The van der Waals surface area contributed by atoms with E-state index in [1.807, 2.05) is 0 Å². The lowest BCUT2D eigenvalue weighted by Gasteiger charge is -2.17. The number of hydrogen-bond donors (Lipinski definition) is 5. The summed E-state index contributed by atoms with van der Waals surface area (Å²) in [5.74, 6) is -1.60. The summed E-state index contributed by atoms with van der Waals surface area (Å²) in [7, 11) is 0. The lowest BCUT2D eigenvalue weighted by molar-refractivity contribution is -0.146. The standard InChI is InChI=1S/C32H44N6O7/c1-4-7-8-9-10-11-25(39)36-32-37-28-27(30(42)38-32)23(20-34-28)19-33-18-21-12-14-22(15-13-21)29(41)35-24(31(43)45-6-3)16-17-26(40)44-5-2/h12-15,20,24,33H,4-11,16-19H2,1-3H3,(H,35,41)(H3,34,36,37,38,39,42)/t24-/m0/s1. The second kappa shape index (κ2) is 18.3. The molecule has 0 fully saturated rings. The molecular weight excluding hydrogens is 580 g/mol. The van der Waals surface area contributed by atoms with Crippen molar-refractivity contribution in [3.05, 3.63) is 57.5 Å². The van der Waals surface area contributed by atoms with Gasteiger partial charge >= 0.3 is 11.9 Å². The van der Waals surface area contributed by atoms with Crippen molar-refractivity contribution in [3.8, 4) is 0 Å². The van der Waals surface area contributed by atoms with E-state index in [9.17, 15) is 24.0 Å². The van der Waals surface area contributed by atoms with Crippen LogP contribution in [0, 0.1) is 0 Å². The van der Waals surface area contributed by atoms with Crippen molar-refractivity contribution < 1.29 is 28.7 Å². The quantitative estimate of drug-likeness (QED) is 0.0976. The van der Waals surface area contributed by atoms with Crippen molar-refractivity contribution in [3.63, 3.8) is 0 Å². The maximum atomic E-state index is 12.8. The van der Waals surface area contributed by atoms with Crippen molar-refractivity contribution in [1.82, 2.24) is 25.6 Å². The number of hydrogen-bond acceptors (Lipinski definition) is 9. The molecule has 45 heavy (non-hydrogen) atoms. The van der Waals surface area contributed by atoms with E-state index in [1.54, 1.807) is 44.3 Å². The van der Waals surface area contributed by atoms with Crippen molar-refractivity contribution in [2.75, 3.05) is 18.5 Å². The number of benzene rings is 1. The van der Waals surface area contributed by atoms with E-state index in [2.05, 4.69) is 37.8 Å². The van der Waals surface area contributed by atoms with Crippen molar-refractivity contribution in [2.24, 2.45) is 0 Å². The molecule has 2 aromatic heterocycles. The molecule has 5 N–H and O–H groups in total. The van der Waals surface area contributed by atoms with Gasteiger partial charge in [0.2, 0.25) is 11.9 Å². The number of ether oxygens (including phenoxy) is 2. The molecule has 0 unspecified atom stereocenters. The summed E-state index contributed by atoms with van der Waals surface area (Å²) in [4.78, 5) is 72.0. The monoisotopic (exact) mass is 624 g/mol. The first kappa shape index (κ1) is 35.0. The van der Waals surface area contributed by atoms with Gasteiger partial charge in [-0.15, -0.1) is 0 Å². The molecule has 2 heterocycles. The number of amides is 2. The minimum Gasteiger partial charge on any atom is -0.466 e. The second-order valence-corrected chi connectivity index (χ2v) is 10.6. The van der Waals surface area contributed by atoms with Gasteiger partial charge in [0.25, 0.3) is 11.5 Å². The zero-order valence-electron chi connectivity index (χ0n) is 26.3. The Bertz CT molecular complexity index is 1480. The largest absolute Gasteiger partial charge is 0.466 e. The number of anilines is 1. The van der Waals surface area contributed by atoms with Crippen LogP contribution in [0.15, 0.2) is 35.3 Å². The molecule has 0 saturated carbocycles. The summed E-state index contributed by atoms with van der Waals surface area (Å²) in [6.07, 6.45) is 7.30. The first-order valence-corrected chi connectivity index (χ1v) is 15.6.